The maximum atomic E-state index is 12.5. The van der Waals surface area contributed by atoms with Crippen molar-refractivity contribution in [2.24, 2.45) is 0 Å². The maximum absolute atomic E-state index is 12.5. The SMILES string of the molecule is CCCCCCCCCCCCC/C=C/CC/C=C/CC/C=C/C(O)C(CS(=O)(=O)O)NC(=O)CCCCCCCCCCCCCCCC. The molecule has 0 aromatic carbocycles. The quantitative estimate of drug-likeness (QED) is 0.0334. The van der Waals surface area contributed by atoms with E-state index in [0.717, 1.165) is 38.5 Å². The first-order valence-corrected chi connectivity index (χ1v) is 22.8. The first-order chi connectivity index (χ1) is 24.3. The number of nitrogens with one attached hydrogen (secondary N) is 1. The molecule has 50 heavy (non-hydrogen) atoms. The molecule has 0 rings (SSSR count). The van der Waals surface area contributed by atoms with Gasteiger partial charge < -0.3 is 10.4 Å². The number of hydrogen-bond donors (Lipinski definition) is 3. The Hall–Kier alpha value is -1.44. The molecule has 0 heterocycles. The summed E-state index contributed by atoms with van der Waals surface area (Å²) < 4.78 is 32.5. The monoisotopic (exact) mass is 724 g/mol. The van der Waals surface area contributed by atoms with Crippen molar-refractivity contribution in [1.82, 2.24) is 5.32 Å². The molecule has 0 aliphatic heterocycles. The van der Waals surface area contributed by atoms with Crippen molar-refractivity contribution in [3.8, 4) is 0 Å². The Bertz CT molecular complexity index is 930. The summed E-state index contributed by atoms with van der Waals surface area (Å²) in [5.74, 6) is -1.00. The van der Waals surface area contributed by atoms with E-state index < -0.39 is 28.0 Å². The lowest BCUT2D eigenvalue weighted by molar-refractivity contribution is -0.122. The number of carbonyl (C=O) groups is 1. The maximum Gasteiger partial charge on any atom is 0.267 e. The third-order valence-electron chi connectivity index (χ3n) is 9.55. The molecule has 0 aliphatic rings. The number of amides is 1. The van der Waals surface area contributed by atoms with Crippen LogP contribution in [-0.2, 0) is 14.9 Å². The molecule has 0 saturated carbocycles. The van der Waals surface area contributed by atoms with Gasteiger partial charge in [0.1, 0.15) is 0 Å². The van der Waals surface area contributed by atoms with Gasteiger partial charge in [0.15, 0.2) is 0 Å². The lowest BCUT2D eigenvalue weighted by Gasteiger charge is -2.21. The van der Waals surface area contributed by atoms with Gasteiger partial charge in [0.25, 0.3) is 10.1 Å². The number of unbranched alkanes of at least 4 members (excludes halogenated alkanes) is 26. The van der Waals surface area contributed by atoms with Gasteiger partial charge in [-0.15, -0.1) is 0 Å². The normalized spacial score (nSPS) is 13.6. The predicted octanol–water partition coefficient (Wildman–Crippen LogP) is 12.5. The molecule has 1 amide bonds. The number of aliphatic hydroxyl groups is 1. The molecule has 2 atom stereocenters. The molecule has 0 aliphatic carbocycles. The Balaban J connectivity index is 3.97. The van der Waals surface area contributed by atoms with Gasteiger partial charge in [-0.1, -0.05) is 198 Å². The average Bonchev–Trinajstić information content (AvgIpc) is 3.08. The van der Waals surface area contributed by atoms with Crippen molar-refractivity contribution < 1.29 is 22.9 Å². The van der Waals surface area contributed by atoms with Crippen LogP contribution < -0.4 is 5.32 Å². The van der Waals surface area contributed by atoms with Crippen LogP contribution in [0.1, 0.15) is 213 Å². The standard InChI is InChI=1S/C43H81NO5S/c1-3-5-7-9-11-13-15-17-19-20-21-22-23-24-25-26-28-30-32-34-36-38-42(45)41(40-50(47,48)49)44-43(46)39-37-35-33-31-29-27-18-16-14-12-10-8-6-4-2/h23-24,28,30,36,38,41-42,45H,3-22,25-27,29,31-35,37,39-40H2,1-2H3,(H,44,46)(H,47,48,49)/b24-23+,30-28+,38-36+. The summed E-state index contributed by atoms with van der Waals surface area (Å²) >= 11 is 0. The van der Waals surface area contributed by atoms with Crippen molar-refractivity contribution in [2.75, 3.05) is 5.75 Å². The highest BCUT2D eigenvalue weighted by Gasteiger charge is 2.24. The van der Waals surface area contributed by atoms with E-state index in [-0.39, 0.29) is 12.3 Å². The van der Waals surface area contributed by atoms with E-state index in [2.05, 4.69) is 43.5 Å². The molecular formula is C43H81NO5S. The summed E-state index contributed by atoms with van der Waals surface area (Å²) in [6.07, 6.45) is 48.5. The number of aliphatic hydroxyl groups excluding tert-OH is 1. The van der Waals surface area contributed by atoms with Crippen LogP contribution in [0.2, 0.25) is 0 Å². The van der Waals surface area contributed by atoms with Gasteiger partial charge in [-0.2, -0.15) is 8.42 Å². The summed E-state index contributed by atoms with van der Waals surface area (Å²) in [4.78, 5) is 12.5. The Morgan fingerprint density at radius 3 is 1.26 bits per heavy atom. The van der Waals surface area contributed by atoms with Crippen molar-refractivity contribution in [3.05, 3.63) is 36.5 Å². The lowest BCUT2D eigenvalue weighted by atomic mass is 10.0. The van der Waals surface area contributed by atoms with E-state index in [4.69, 9.17) is 0 Å². The molecule has 0 fully saturated rings. The molecule has 3 N–H and O–H groups in total. The molecule has 0 saturated heterocycles. The predicted molar refractivity (Wildman–Crippen MR) is 216 cm³/mol. The van der Waals surface area contributed by atoms with E-state index >= 15 is 0 Å². The smallest absolute Gasteiger partial charge is 0.267 e. The van der Waals surface area contributed by atoms with Crippen LogP contribution in [-0.4, -0.2) is 41.9 Å². The van der Waals surface area contributed by atoms with Crippen LogP contribution in [0.3, 0.4) is 0 Å². The van der Waals surface area contributed by atoms with Crippen molar-refractivity contribution in [1.29, 1.82) is 0 Å². The lowest BCUT2D eigenvalue weighted by Crippen LogP contribution is -2.46. The minimum absolute atomic E-state index is 0.287. The van der Waals surface area contributed by atoms with E-state index in [1.165, 1.54) is 154 Å². The zero-order valence-electron chi connectivity index (χ0n) is 32.8. The Kier molecular flexibility index (Phi) is 36.2. The minimum Gasteiger partial charge on any atom is -0.387 e. The van der Waals surface area contributed by atoms with Gasteiger partial charge >= 0.3 is 0 Å². The number of allylic oxidation sites excluding steroid dienone is 5. The van der Waals surface area contributed by atoms with Gasteiger partial charge in [0.05, 0.1) is 17.9 Å². The van der Waals surface area contributed by atoms with E-state index in [1.807, 2.05) is 0 Å². The Labute approximate surface area is 310 Å². The molecule has 294 valence electrons. The summed E-state index contributed by atoms with van der Waals surface area (Å²) in [6, 6.07) is -1.08. The molecule has 7 heteroatoms. The van der Waals surface area contributed by atoms with Crippen LogP contribution in [0.15, 0.2) is 36.5 Å². The minimum atomic E-state index is -4.35. The molecule has 2 unspecified atom stereocenters. The fourth-order valence-corrected chi connectivity index (χ4v) is 7.10. The highest BCUT2D eigenvalue weighted by atomic mass is 32.2. The largest absolute Gasteiger partial charge is 0.387 e. The molecule has 0 aromatic heterocycles. The fourth-order valence-electron chi connectivity index (χ4n) is 6.36. The Morgan fingerprint density at radius 2 is 0.860 bits per heavy atom. The number of hydrogen-bond acceptors (Lipinski definition) is 4. The molecule has 0 spiro atoms. The Morgan fingerprint density at radius 1 is 0.520 bits per heavy atom. The van der Waals surface area contributed by atoms with E-state index in [9.17, 15) is 22.9 Å². The summed E-state index contributed by atoms with van der Waals surface area (Å²) in [7, 11) is -4.35. The summed E-state index contributed by atoms with van der Waals surface area (Å²) in [5, 5.41) is 13.2. The van der Waals surface area contributed by atoms with E-state index in [1.54, 1.807) is 6.08 Å². The zero-order valence-corrected chi connectivity index (χ0v) is 33.6. The molecule has 0 aromatic rings. The van der Waals surface area contributed by atoms with Gasteiger partial charge in [-0.25, -0.2) is 0 Å². The zero-order chi connectivity index (χ0) is 36.8. The molecule has 6 nitrogen and oxygen atoms in total. The van der Waals surface area contributed by atoms with Crippen LogP contribution in [0, 0.1) is 0 Å². The van der Waals surface area contributed by atoms with E-state index in [0.29, 0.717) is 6.42 Å². The third kappa shape index (κ3) is 37.8. The fraction of sp³-hybridized carbons (Fsp3) is 0.837. The van der Waals surface area contributed by atoms with Crippen molar-refractivity contribution in [2.45, 2.75) is 225 Å². The van der Waals surface area contributed by atoms with Gasteiger partial charge in [0.2, 0.25) is 5.91 Å². The second-order valence-corrected chi connectivity index (χ2v) is 16.1. The molecule has 0 bridgehead atoms. The highest BCUT2D eigenvalue weighted by Crippen LogP contribution is 2.15. The van der Waals surface area contributed by atoms with Crippen LogP contribution >= 0.6 is 0 Å². The average molecular weight is 724 g/mol. The first kappa shape index (κ1) is 48.6. The highest BCUT2D eigenvalue weighted by molar-refractivity contribution is 7.85. The van der Waals surface area contributed by atoms with Crippen molar-refractivity contribution >= 4 is 16.0 Å². The number of rotatable bonds is 38. The van der Waals surface area contributed by atoms with Crippen LogP contribution in [0.5, 0.6) is 0 Å². The van der Waals surface area contributed by atoms with Crippen LogP contribution in [0.4, 0.5) is 0 Å². The molecular weight excluding hydrogens is 643 g/mol. The first-order valence-electron chi connectivity index (χ1n) is 21.2. The summed E-state index contributed by atoms with van der Waals surface area (Å²) in [6.45, 7) is 4.52. The second kappa shape index (κ2) is 37.3. The molecule has 0 radical (unpaired) electrons. The van der Waals surface area contributed by atoms with Gasteiger partial charge in [-0.3, -0.25) is 9.35 Å². The summed E-state index contributed by atoms with van der Waals surface area (Å²) in [5.41, 5.74) is 0. The topological polar surface area (TPSA) is 104 Å². The third-order valence-corrected chi connectivity index (χ3v) is 10.3. The van der Waals surface area contributed by atoms with Crippen LogP contribution in [0.25, 0.3) is 0 Å². The second-order valence-electron chi connectivity index (χ2n) is 14.6. The van der Waals surface area contributed by atoms with Gasteiger partial charge in [0, 0.05) is 6.42 Å². The van der Waals surface area contributed by atoms with Gasteiger partial charge in [-0.05, 0) is 44.9 Å². The van der Waals surface area contributed by atoms with Crippen molar-refractivity contribution in [3.63, 3.8) is 0 Å². The number of carbonyl (C=O) groups excluding carboxylic acids is 1.